The van der Waals surface area contributed by atoms with Gasteiger partial charge in [0.1, 0.15) is 0 Å². The van der Waals surface area contributed by atoms with Crippen LogP contribution in [0, 0.1) is 6.92 Å². The Balaban J connectivity index is 1.61. The number of carbonyl (C=O) groups is 2. The Morgan fingerprint density at radius 3 is 2.56 bits per heavy atom. The summed E-state index contributed by atoms with van der Waals surface area (Å²) in [7, 11) is 1.63. The van der Waals surface area contributed by atoms with Gasteiger partial charge in [-0.25, -0.2) is 4.98 Å². The molecule has 0 aliphatic heterocycles. The summed E-state index contributed by atoms with van der Waals surface area (Å²) in [5.74, 6) is 0.772. The first-order valence-corrected chi connectivity index (χ1v) is 12.0. The maximum atomic E-state index is 12.8. The van der Waals surface area contributed by atoms with Gasteiger partial charge < -0.3 is 19.7 Å². The fourth-order valence-corrected chi connectivity index (χ4v) is 4.85. The van der Waals surface area contributed by atoms with Crippen molar-refractivity contribution in [2.24, 2.45) is 0 Å². The lowest BCUT2D eigenvalue weighted by atomic mass is 10.2. The van der Waals surface area contributed by atoms with Crippen molar-refractivity contribution in [3.05, 3.63) is 45.6 Å². The van der Waals surface area contributed by atoms with Crippen LogP contribution in [0.3, 0.4) is 0 Å². The minimum absolute atomic E-state index is 0.0534. The number of anilines is 1. The van der Waals surface area contributed by atoms with Gasteiger partial charge in [-0.05, 0) is 44.4 Å². The van der Waals surface area contributed by atoms with E-state index in [-0.39, 0.29) is 24.8 Å². The minimum atomic E-state index is -0.286. The van der Waals surface area contributed by atoms with Gasteiger partial charge in [-0.1, -0.05) is 6.07 Å². The molecular weight excluding hydrogens is 446 g/mol. The second-order valence-electron chi connectivity index (χ2n) is 6.98. The molecule has 3 rings (SSSR count). The molecule has 0 unspecified atom stereocenters. The molecule has 0 fully saturated rings. The van der Waals surface area contributed by atoms with Crippen LogP contribution in [0.5, 0.6) is 11.5 Å². The Kier molecular flexibility index (Phi) is 8.24. The van der Waals surface area contributed by atoms with Gasteiger partial charge >= 0.3 is 0 Å². The van der Waals surface area contributed by atoms with Crippen molar-refractivity contribution >= 4 is 40.2 Å². The number of ether oxygens (including phenoxy) is 2. The van der Waals surface area contributed by atoms with E-state index >= 15 is 0 Å². The van der Waals surface area contributed by atoms with E-state index in [0.717, 1.165) is 20.5 Å². The number of nitrogens with one attached hydrogen (secondary N) is 1. The van der Waals surface area contributed by atoms with Crippen LogP contribution >= 0.6 is 22.7 Å². The zero-order chi connectivity index (χ0) is 23.1. The van der Waals surface area contributed by atoms with Crippen LogP contribution < -0.4 is 14.8 Å². The molecule has 0 aliphatic carbocycles. The van der Waals surface area contributed by atoms with E-state index < -0.39 is 0 Å². The third kappa shape index (κ3) is 6.08. The number of carbonyl (C=O) groups excluding carboxylic acids is 2. The smallest absolute Gasteiger partial charge is 0.243 e. The molecule has 7 nitrogen and oxygen atoms in total. The van der Waals surface area contributed by atoms with Crippen LogP contribution in [0.15, 0.2) is 35.7 Å². The van der Waals surface area contributed by atoms with Crippen LogP contribution in [0.2, 0.25) is 0 Å². The SMILES string of the molecule is CCOc1ccc(NC(=O)CN(C)C(=O)Cc2sc(C)nc2-c2cccs2)cc1OCC. The number of amides is 2. The number of hydrogen-bond acceptors (Lipinski definition) is 7. The summed E-state index contributed by atoms with van der Waals surface area (Å²) < 4.78 is 11.1. The van der Waals surface area contributed by atoms with Crippen LogP contribution in [-0.2, 0) is 16.0 Å². The van der Waals surface area contributed by atoms with E-state index in [1.165, 1.54) is 16.2 Å². The predicted molar refractivity (Wildman–Crippen MR) is 129 cm³/mol. The number of hydrogen-bond donors (Lipinski definition) is 1. The molecule has 9 heteroatoms. The van der Waals surface area contributed by atoms with Gasteiger partial charge in [-0.2, -0.15) is 0 Å². The highest BCUT2D eigenvalue weighted by Crippen LogP contribution is 2.32. The maximum Gasteiger partial charge on any atom is 0.243 e. The largest absolute Gasteiger partial charge is 0.490 e. The van der Waals surface area contributed by atoms with E-state index in [4.69, 9.17) is 9.47 Å². The van der Waals surface area contributed by atoms with Crippen LogP contribution in [0.4, 0.5) is 5.69 Å². The number of aromatic nitrogens is 1. The van der Waals surface area contributed by atoms with E-state index in [0.29, 0.717) is 30.4 Å². The quantitative estimate of drug-likeness (QED) is 0.465. The third-order valence-electron chi connectivity index (χ3n) is 4.50. The highest BCUT2D eigenvalue weighted by atomic mass is 32.1. The predicted octanol–water partition coefficient (Wildman–Crippen LogP) is 4.62. The fraction of sp³-hybridized carbons (Fsp3) is 0.348. The molecule has 170 valence electrons. The summed E-state index contributed by atoms with van der Waals surface area (Å²) in [5, 5.41) is 5.73. The normalized spacial score (nSPS) is 10.6. The second-order valence-corrected chi connectivity index (χ2v) is 9.22. The molecule has 2 aromatic heterocycles. The summed E-state index contributed by atoms with van der Waals surface area (Å²) in [6.45, 7) is 6.67. The Hall–Kier alpha value is -2.91. The van der Waals surface area contributed by atoms with Crippen LogP contribution in [-0.4, -0.2) is 48.5 Å². The third-order valence-corrected chi connectivity index (χ3v) is 6.35. The Morgan fingerprint density at radius 2 is 1.88 bits per heavy atom. The first-order valence-electron chi connectivity index (χ1n) is 10.3. The number of rotatable bonds is 10. The van der Waals surface area contributed by atoms with Gasteiger partial charge in [0.2, 0.25) is 11.8 Å². The standard InChI is InChI=1S/C23H27N3O4S2/c1-5-29-17-10-9-16(12-18(17)30-6-2)25-21(27)14-26(4)22(28)13-20-23(24-15(3)32-20)19-8-7-11-31-19/h7-12H,5-6,13-14H2,1-4H3,(H,25,27). The lowest BCUT2D eigenvalue weighted by molar-refractivity contribution is -0.132. The molecule has 0 saturated carbocycles. The van der Waals surface area contributed by atoms with Gasteiger partial charge in [-0.3, -0.25) is 9.59 Å². The first kappa shape index (κ1) is 23.7. The molecular formula is C23H27N3O4S2. The number of nitrogens with zero attached hydrogens (tertiary/aromatic N) is 2. The number of thiophene rings is 1. The molecule has 2 amide bonds. The summed E-state index contributed by atoms with van der Waals surface area (Å²) in [5.41, 5.74) is 1.44. The number of likely N-dealkylation sites (N-methyl/N-ethyl adjacent to an activating group) is 1. The van der Waals surface area contributed by atoms with Gasteiger partial charge in [0.15, 0.2) is 11.5 Å². The molecule has 0 atom stereocenters. The highest BCUT2D eigenvalue weighted by Gasteiger charge is 2.19. The van der Waals surface area contributed by atoms with Crippen molar-refractivity contribution < 1.29 is 19.1 Å². The van der Waals surface area contributed by atoms with Crippen molar-refractivity contribution in [3.8, 4) is 22.1 Å². The lowest BCUT2D eigenvalue weighted by Crippen LogP contribution is -2.35. The minimum Gasteiger partial charge on any atom is -0.490 e. The van der Waals surface area contributed by atoms with Gasteiger partial charge in [-0.15, -0.1) is 22.7 Å². The van der Waals surface area contributed by atoms with Crippen molar-refractivity contribution in [1.29, 1.82) is 0 Å². The monoisotopic (exact) mass is 473 g/mol. The molecule has 0 aliphatic rings. The average Bonchev–Trinajstić information content (AvgIpc) is 3.39. The van der Waals surface area contributed by atoms with Gasteiger partial charge in [0.25, 0.3) is 0 Å². The van der Waals surface area contributed by atoms with E-state index in [2.05, 4.69) is 10.3 Å². The van der Waals surface area contributed by atoms with Gasteiger partial charge in [0, 0.05) is 23.7 Å². The second kappa shape index (κ2) is 11.1. The summed E-state index contributed by atoms with van der Waals surface area (Å²) in [6.07, 6.45) is 0.208. The first-order chi connectivity index (χ1) is 15.4. The van der Waals surface area contributed by atoms with Crippen LogP contribution in [0.1, 0.15) is 23.7 Å². The molecule has 0 spiro atoms. The topological polar surface area (TPSA) is 80.8 Å². The zero-order valence-corrected chi connectivity index (χ0v) is 20.3. The molecule has 2 heterocycles. The molecule has 3 aromatic rings. The molecule has 0 bridgehead atoms. The van der Waals surface area contributed by atoms with Crippen molar-refractivity contribution in [1.82, 2.24) is 9.88 Å². The Morgan fingerprint density at radius 1 is 1.12 bits per heavy atom. The molecule has 1 N–H and O–H groups in total. The zero-order valence-electron chi connectivity index (χ0n) is 18.6. The van der Waals surface area contributed by atoms with Gasteiger partial charge in [0.05, 0.1) is 41.8 Å². The maximum absolute atomic E-state index is 12.8. The van der Waals surface area contributed by atoms with E-state index in [1.54, 1.807) is 36.6 Å². The average molecular weight is 474 g/mol. The van der Waals surface area contributed by atoms with Crippen molar-refractivity contribution in [2.45, 2.75) is 27.2 Å². The summed E-state index contributed by atoms with van der Waals surface area (Å²) >= 11 is 3.11. The highest BCUT2D eigenvalue weighted by molar-refractivity contribution is 7.15. The summed E-state index contributed by atoms with van der Waals surface area (Å²) in [6, 6.07) is 9.20. The van der Waals surface area contributed by atoms with Crippen molar-refractivity contribution in [3.63, 3.8) is 0 Å². The Bertz CT molecular complexity index is 1060. The molecule has 1 aromatic carbocycles. The molecule has 0 saturated heterocycles. The van der Waals surface area contributed by atoms with Crippen molar-refractivity contribution in [2.75, 3.05) is 32.1 Å². The summed E-state index contributed by atoms with van der Waals surface area (Å²) in [4.78, 5) is 33.3. The Labute approximate surface area is 196 Å². The number of aryl methyl sites for hydroxylation is 1. The molecule has 32 heavy (non-hydrogen) atoms. The van der Waals surface area contributed by atoms with E-state index in [9.17, 15) is 9.59 Å². The lowest BCUT2D eigenvalue weighted by Gasteiger charge is -2.17. The number of benzene rings is 1. The van der Waals surface area contributed by atoms with Crippen LogP contribution in [0.25, 0.3) is 10.6 Å². The number of thiazole rings is 1. The fourth-order valence-electron chi connectivity index (χ4n) is 3.10. The van der Waals surface area contributed by atoms with E-state index in [1.807, 2.05) is 38.3 Å². The molecule has 0 radical (unpaired) electrons.